The number of hydrogen-bond donors (Lipinski definition) is 2. The summed E-state index contributed by atoms with van der Waals surface area (Å²) in [6.45, 7) is 4.81. The van der Waals surface area contributed by atoms with E-state index in [1.54, 1.807) is 5.57 Å². The smallest absolute Gasteiger partial charge is 0.0596 e. The molecule has 0 spiro atoms. The Bertz CT molecular complexity index is 470. The summed E-state index contributed by atoms with van der Waals surface area (Å²) in [4.78, 5) is 0. The highest BCUT2D eigenvalue weighted by Crippen LogP contribution is 2.64. The summed E-state index contributed by atoms with van der Waals surface area (Å²) in [5.41, 5.74) is 2.05. The summed E-state index contributed by atoms with van der Waals surface area (Å²) in [6.07, 6.45) is 11.2. The fraction of sp³-hybridized carbons (Fsp3) is 0.895. The van der Waals surface area contributed by atoms with Gasteiger partial charge in [-0.3, -0.25) is 0 Å². The van der Waals surface area contributed by atoms with Gasteiger partial charge in [0.2, 0.25) is 0 Å². The van der Waals surface area contributed by atoms with Crippen molar-refractivity contribution in [1.29, 1.82) is 0 Å². The van der Waals surface area contributed by atoms with Gasteiger partial charge in [0.05, 0.1) is 12.2 Å². The molecule has 118 valence electrons. The molecule has 7 atom stereocenters. The molecule has 0 aromatic rings. The lowest BCUT2D eigenvalue weighted by atomic mass is 9.48. The van der Waals surface area contributed by atoms with Gasteiger partial charge in [-0.25, -0.2) is 0 Å². The molecule has 0 heterocycles. The largest absolute Gasteiger partial charge is 0.393 e. The molecule has 0 radical (unpaired) electrons. The van der Waals surface area contributed by atoms with E-state index in [9.17, 15) is 10.2 Å². The van der Waals surface area contributed by atoms with Crippen molar-refractivity contribution >= 4 is 0 Å². The Morgan fingerprint density at radius 3 is 2.62 bits per heavy atom. The zero-order valence-electron chi connectivity index (χ0n) is 13.5. The predicted octanol–water partition coefficient (Wildman–Crippen LogP) is 3.67. The van der Waals surface area contributed by atoms with Gasteiger partial charge < -0.3 is 10.2 Å². The Balaban J connectivity index is 1.68. The van der Waals surface area contributed by atoms with Gasteiger partial charge in [0.15, 0.2) is 0 Å². The fourth-order valence-corrected chi connectivity index (χ4v) is 6.61. The summed E-state index contributed by atoms with van der Waals surface area (Å²) in [5, 5.41) is 20.5. The molecular formula is C19H30O2. The highest BCUT2D eigenvalue weighted by Gasteiger charge is 2.58. The molecule has 0 saturated heterocycles. The fourth-order valence-electron chi connectivity index (χ4n) is 6.61. The van der Waals surface area contributed by atoms with Crippen molar-refractivity contribution in [2.75, 3.05) is 0 Å². The maximum Gasteiger partial charge on any atom is 0.0596 e. The summed E-state index contributed by atoms with van der Waals surface area (Å²) in [5.74, 6) is 2.27. The molecule has 0 aromatic heterocycles. The van der Waals surface area contributed by atoms with Gasteiger partial charge in [-0.2, -0.15) is 0 Å². The third-order valence-electron chi connectivity index (χ3n) is 8.03. The van der Waals surface area contributed by atoms with E-state index >= 15 is 0 Å². The molecule has 0 bridgehead atoms. The minimum Gasteiger partial charge on any atom is -0.393 e. The quantitative estimate of drug-likeness (QED) is 0.668. The highest BCUT2D eigenvalue weighted by molar-refractivity contribution is 5.25. The number of hydrogen-bond acceptors (Lipinski definition) is 2. The maximum atomic E-state index is 10.5. The van der Waals surface area contributed by atoms with Crippen molar-refractivity contribution in [2.45, 2.75) is 77.4 Å². The highest BCUT2D eigenvalue weighted by atomic mass is 16.3. The predicted molar refractivity (Wildman–Crippen MR) is 83.7 cm³/mol. The topological polar surface area (TPSA) is 40.5 Å². The molecule has 1 unspecified atom stereocenters. The van der Waals surface area contributed by atoms with E-state index in [0.29, 0.717) is 11.3 Å². The molecule has 4 aliphatic rings. The molecule has 2 N–H and O–H groups in total. The van der Waals surface area contributed by atoms with E-state index < -0.39 is 0 Å². The minimum absolute atomic E-state index is 0.0742. The van der Waals surface area contributed by atoms with Crippen LogP contribution in [0.15, 0.2) is 11.6 Å². The summed E-state index contributed by atoms with van der Waals surface area (Å²) in [7, 11) is 0. The van der Waals surface area contributed by atoms with Crippen LogP contribution in [0.1, 0.15) is 65.2 Å². The van der Waals surface area contributed by atoms with Crippen LogP contribution in [-0.4, -0.2) is 22.4 Å². The number of aliphatic hydroxyl groups excluding tert-OH is 2. The average Bonchev–Trinajstić information content (AvgIpc) is 2.76. The van der Waals surface area contributed by atoms with Crippen LogP contribution in [0.5, 0.6) is 0 Å². The maximum absolute atomic E-state index is 10.5. The van der Waals surface area contributed by atoms with Gasteiger partial charge in [0.25, 0.3) is 0 Å². The summed E-state index contributed by atoms with van der Waals surface area (Å²) in [6, 6.07) is 0. The van der Waals surface area contributed by atoms with E-state index in [2.05, 4.69) is 19.9 Å². The first-order valence-electron chi connectivity index (χ1n) is 9.01. The lowest BCUT2D eigenvalue weighted by Crippen LogP contribution is -2.51. The number of allylic oxidation sites excluding steroid dienone is 1. The first-order chi connectivity index (χ1) is 9.95. The van der Waals surface area contributed by atoms with Gasteiger partial charge in [-0.15, -0.1) is 0 Å². The third-order valence-corrected chi connectivity index (χ3v) is 8.03. The molecule has 0 aromatic carbocycles. The number of rotatable bonds is 0. The van der Waals surface area contributed by atoms with Crippen LogP contribution in [0.2, 0.25) is 0 Å². The monoisotopic (exact) mass is 290 g/mol. The summed E-state index contributed by atoms with van der Waals surface area (Å²) < 4.78 is 0. The zero-order chi connectivity index (χ0) is 14.8. The standard InChI is InChI=1S/C19H30O2/c1-18-9-7-13(20)11-12(18)3-4-14-15-5-6-17(21)19(15,2)10-8-16(14)18/h3,13-17,20-21H,4-11H2,1-2H3/t13?,14-,15-,16-,17-,18-,19-/m0/s1. The first-order valence-corrected chi connectivity index (χ1v) is 9.01. The van der Waals surface area contributed by atoms with Crippen LogP contribution < -0.4 is 0 Å². The Morgan fingerprint density at radius 2 is 1.81 bits per heavy atom. The van der Waals surface area contributed by atoms with Gasteiger partial charge in [-0.05, 0) is 80.0 Å². The van der Waals surface area contributed by atoms with Crippen LogP contribution in [0, 0.1) is 28.6 Å². The van der Waals surface area contributed by atoms with E-state index in [0.717, 1.165) is 37.5 Å². The molecule has 0 aliphatic heterocycles. The Morgan fingerprint density at radius 1 is 1.00 bits per heavy atom. The normalized spacial score (nSPS) is 56.2. The molecular weight excluding hydrogens is 260 g/mol. The number of aliphatic hydroxyl groups is 2. The van der Waals surface area contributed by atoms with Crippen molar-refractivity contribution in [3.8, 4) is 0 Å². The van der Waals surface area contributed by atoms with E-state index in [-0.39, 0.29) is 17.6 Å². The van der Waals surface area contributed by atoms with Crippen LogP contribution in [0.3, 0.4) is 0 Å². The second-order valence-electron chi connectivity index (χ2n) is 8.79. The molecule has 2 nitrogen and oxygen atoms in total. The zero-order valence-corrected chi connectivity index (χ0v) is 13.5. The van der Waals surface area contributed by atoms with Crippen LogP contribution in [-0.2, 0) is 0 Å². The van der Waals surface area contributed by atoms with E-state index in [1.165, 1.54) is 25.7 Å². The van der Waals surface area contributed by atoms with Crippen molar-refractivity contribution in [2.24, 2.45) is 28.6 Å². The average molecular weight is 290 g/mol. The second-order valence-corrected chi connectivity index (χ2v) is 8.79. The van der Waals surface area contributed by atoms with Gasteiger partial charge in [-0.1, -0.05) is 25.5 Å². The molecule has 4 aliphatic carbocycles. The SMILES string of the molecule is C[C@]12CC[C@H]3[C@@H](CC=C4CC(O)CC[C@@]43C)[C@@H]1CC[C@@H]2O. The Labute approximate surface area is 128 Å². The molecule has 0 amide bonds. The van der Waals surface area contributed by atoms with Gasteiger partial charge in [0.1, 0.15) is 0 Å². The number of fused-ring (bicyclic) bond motifs is 5. The Kier molecular flexibility index (Phi) is 3.11. The third kappa shape index (κ3) is 1.84. The minimum atomic E-state index is -0.108. The van der Waals surface area contributed by atoms with Crippen LogP contribution >= 0.6 is 0 Å². The molecule has 3 saturated carbocycles. The summed E-state index contributed by atoms with van der Waals surface area (Å²) >= 11 is 0. The van der Waals surface area contributed by atoms with Crippen molar-refractivity contribution in [3.63, 3.8) is 0 Å². The van der Waals surface area contributed by atoms with Gasteiger partial charge in [0, 0.05) is 0 Å². The van der Waals surface area contributed by atoms with E-state index in [1.807, 2.05) is 0 Å². The van der Waals surface area contributed by atoms with Crippen LogP contribution in [0.25, 0.3) is 0 Å². The van der Waals surface area contributed by atoms with Crippen molar-refractivity contribution < 1.29 is 10.2 Å². The van der Waals surface area contributed by atoms with E-state index in [4.69, 9.17) is 0 Å². The lowest BCUT2D eigenvalue weighted by molar-refractivity contribution is -0.0711. The second kappa shape index (κ2) is 4.58. The molecule has 2 heteroatoms. The van der Waals surface area contributed by atoms with Crippen molar-refractivity contribution in [3.05, 3.63) is 11.6 Å². The molecule has 4 rings (SSSR count). The molecule has 3 fully saturated rings. The first kappa shape index (κ1) is 14.3. The Hall–Kier alpha value is -0.340. The van der Waals surface area contributed by atoms with Crippen molar-refractivity contribution in [1.82, 2.24) is 0 Å². The van der Waals surface area contributed by atoms with Gasteiger partial charge >= 0.3 is 0 Å². The van der Waals surface area contributed by atoms with Crippen LogP contribution in [0.4, 0.5) is 0 Å². The molecule has 21 heavy (non-hydrogen) atoms. The lowest BCUT2D eigenvalue weighted by Gasteiger charge is -2.57.